The fourth-order valence-corrected chi connectivity index (χ4v) is 3.70. The highest BCUT2D eigenvalue weighted by molar-refractivity contribution is 6.42. The van der Waals surface area contributed by atoms with Crippen LogP contribution in [-0.2, 0) is 11.3 Å². The zero-order chi connectivity index (χ0) is 20.4. The molecular formula is C18H21Cl2N5O3. The molecule has 0 saturated carbocycles. The molecule has 1 unspecified atom stereocenters. The van der Waals surface area contributed by atoms with Crippen LogP contribution in [-0.4, -0.2) is 56.6 Å². The molecule has 1 aromatic heterocycles. The molecule has 3 rings (SSSR count). The van der Waals surface area contributed by atoms with Gasteiger partial charge in [-0.05, 0) is 31.5 Å². The molecule has 1 fully saturated rings. The van der Waals surface area contributed by atoms with Gasteiger partial charge in [-0.3, -0.25) is 24.5 Å². The average Bonchev–Trinajstić information content (AvgIpc) is 3.06. The maximum Gasteiger partial charge on any atom is 0.309 e. The molecule has 1 saturated heterocycles. The van der Waals surface area contributed by atoms with Crippen LogP contribution in [0.1, 0.15) is 24.2 Å². The summed E-state index contributed by atoms with van der Waals surface area (Å²) in [5, 5.41) is 16.1. The predicted molar refractivity (Wildman–Crippen MR) is 107 cm³/mol. The maximum absolute atomic E-state index is 12.8. The van der Waals surface area contributed by atoms with Crippen LogP contribution in [0.3, 0.4) is 0 Å². The minimum atomic E-state index is -0.588. The molecule has 8 nitrogen and oxygen atoms in total. The second-order valence-corrected chi connectivity index (χ2v) is 7.66. The first-order valence-electron chi connectivity index (χ1n) is 8.91. The molecule has 1 aliphatic heterocycles. The van der Waals surface area contributed by atoms with Gasteiger partial charge in [0.2, 0.25) is 5.91 Å². The molecule has 1 aliphatic rings. The van der Waals surface area contributed by atoms with Crippen LogP contribution in [0.2, 0.25) is 10.0 Å². The van der Waals surface area contributed by atoms with Crippen molar-refractivity contribution in [2.45, 2.75) is 26.4 Å². The number of carbonyl (C=O) groups excluding carboxylic acids is 1. The van der Waals surface area contributed by atoms with Gasteiger partial charge in [-0.25, -0.2) is 0 Å². The zero-order valence-electron chi connectivity index (χ0n) is 15.6. The van der Waals surface area contributed by atoms with Crippen molar-refractivity contribution >= 4 is 34.8 Å². The molecule has 0 N–H and O–H groups in total. The molecule has 0 spiro atoms. The van der Waals surface area contributed by atoms with Crippen molar-refractivity contribution in [2.75, 3.05) is 26.2 Å². The molecule has 0 aliphatic carbocycles. The number of hydrogen-bond donors (Lipinski definition) is 0. The molecule has 2 heterocycles. The van der Waals surface area contributed by atoms with E-state index in [1.807, 2.05) is 12.1 Å². The lowest BCUT2D eigenvalue weighted by Crippen LogP contribution is -2.50. The number of aromatic nitrogens is 2. The molecule has 28 heavy (non-hydrogen) atoms. The number of nitro groups is 1. The summed E-state index contributed by atoms with van der Waals surface area (Å²) in [6.07, 6.45) is 1.19. The summed E-state index contributed by atoms with van der Waals surface area (Å²) in [5.74, 6) is -0.0877. The lowest BCUT2D eigenvalue weighted by atomic mass is 10.2. The normalized spacial score (nSPS) is 16.2. The number of benzene rings is 1. The number of rotatable bonds is 5. The molecule has 10 heteroatoms. The van der Waals surface area contributed by atoms with Crippen molar-refractivity contribution in [1.29, 1.82) is 0 Å². The smallest absolute Gasteiger partial charge is 0.309 e. The van der Waals surface area contributed by atoms with E-state index in [1.54, 1.807) is 24.8 Å². The van der Waals surface area contributed by atoms with Gasteiger partial charge in [0.15, 0.2) is 0 Å². The Labute approximate surface area is 172 Å². The topological polar surface area (TPSA) is 84.5 Å². The highest BCUT2D eigenvalue weighted by atomic mass is 35.5. The SMILES string of the molecule is Cc1c([N+](=O)[O-])cnn1C(C)C(=O)N1CCN(Cc2ccc(Cl)c(Cl)c2)CC1. The molecule has 1 atom stereocenters. The summed E-state index contributed by atoms with van der Waals surface area (Å²) in [6, 6.07) is 5.00. The van der Waals surface area contributed by atoms with E-state index in [2.05, 4.69) is 10.00 Å². The Hall–Kier alpha value is -2.16. The van der Waals surface area contributed by atoms with Crippen LogP contribution < -0.4 is 0 Å². The van der Waals surface area contributed by atoms with E-state index in [4.69, 9.17) is 23.2 Å². The fourth-order valence-electron chi connectivity index (χ4n) is 3.38. The second kappa shape index (κ2) is 8.46. The third-order valence-electron chi connectivity index (χ3n) is 5.01. The fraction of sp³-hybridized carbons (Fsp3) is 0.444. The molecule has 0 radical (unpaired) electrons. The van der Waals surface area contributed by atoms with E-state index in [0.29, 0.717) is 28.8 Å². The van der Waals surface area contributed by atoms with Crippen molar-refractivity contribution in [2.24, 2.45) is 0 Å². The Morgan fingerprint density at radius 2 is 1.93 bits per heavy atom. The van der Waals surface area contributed by atoms with Gasteiger partial charge in [-0.15, -0.1) is 0 Å². The van der Waals surface area contributed by atoms with E-state index in [9.17, 15) is 14.9 Å². The second-order valence-electron chi connectivity index (χ2n) is 6.84. The van der Waals surface area contributed by atoms with E-state index >= 15 is 0 Å². The van der Waals surface area contributed by atoms with Gasteiger partial charge in [0.25, 0.3) is 0 Å². The maximum atomic E-state index is 12.8. The number of nitrogens with zero attached hydrogens (tertiary/aromatic N) is 5. The Bertz CT molecular complexity index is 893. The summed E-state index contributed by atoms with van der Waals surface area (Å²) in [6.45, 7) is 6.70. The summed E-state index contributed by atoms with van der Waals surface area (Å²) in [4.78, 5) is 27.4. The quantitative estimate of drug-likeness (QED) is 0.541. The predicted octanol–water partition coefficient (Wildman–Crippen LogP) is 3.31. The number of carbonyl (C=O) groups is 1. The van der Waals surface area contributed by atoms with Gasteiger partial charge >= 0.3 is 5.69 Å². The Kier molecular flexibility index (Phi) is 6.22. The van der Waals surface area contributed by atoms with E-state index in [-0.39, 0.29) is 11.6 Å². The summed E-state index contributed by atoms with van der Waals surface area (Å²) in [7, 11) is 0. The summed E-state index contributed by atoms with van der Waals surface area (Å²) in [5.41, 5.74) is 1.37. The molecule has 1 aromatic carbocycles. The van der Waals surface area contributed by atoms with Gasteiger partial charge in [0.1, 0.15) is 17.9 Å². The van der Waals surface area contributed by atoms with Crippen LogP contribution in [0.4, 0.5) is 5.69 Å². The standard InChI is InChI=1S/C18H21Cl2N5O3/c1-12-17(25(27)28)10-21-24(12)13(2)18(26)23-7-5-22(6-8-23)11-14-3-4-15(19)16(20)9-14/h3-4,9-10,13H,5-8,11H2,1-2H3. The van der Waals surface area contributed by atoms with Crippen LogP contribution in [0.5, 0.6) is 0 Å². The van der Waals surface area contributed by atoms with Crippen molar-refractivity contribution in [3.05, 3.63) is 55.8 Å². The lowest BCUT2D eigenvalue weighted by Gasteiger charge is -2.36. The van der Waals surface area contributed by atoms with Crippen molar-refractivity contribution in [1.82, 2.24) is 19.6 Å². The number of piperazine rings is 1. The summed E-state index contributed by atoms with van der Waals surface area (Å²) >= 11 is 12.0. The number of halogens is 2. The first kappa shape index (κ1) is 20.6. The van der Waals surface area contributed by atoms with Gasteiger partial charge < -0.3 is 4.90 Å². The van der Waals surface area contributed by atoms with Crippen LogP contribution >= 0.6 is 23.2 Å². The molecule has 1 amide bonds. The first-order valence-corrected chi connectivity index (χ1v) is 9.67. The average molecular weight is 426 g/mol. The highest BCUT2D eigenvalue weighted by Crippen LogP contribution is 2.24. The van der Waals surface area contributed by atoms with Gasteiger partial charge in [0, 0.05) is 32.7 Å². The van der Waals surface area contributed by atoms with Gasteiger partial charge in [0.05, 0.1) is 15.0 Å². The Balaban J connectivity index is 1.58. The minimum absolute atomic E-state index is 0.0777. The molecule has 0 bridgehead atoms. The Morgan fingerprint density at radius 1 is 1.25 bits per heavy atom. The first-order chi connectivity index (χ1) is 13.3. The molecule has 2 aromatic rings. The van der Waals surface area contributed by atoms with E-state index < -0.39 is 11.0 Å². The van der Waals surface area contributed by atoms with E-state index in [0.717, 1.165) is 25.2 Å². The number of amides is 1. The van der Waals surface area contributed by atoms with Gasteiger partial charge in [-0.1, -0.05) is 29.3 Å². The third-order valence-corrected chi connectivity index (χ3v) is 5.75. The van der Waals surface area contributed by atoms with Crippen LogP contribution in [0, 0.1) is 17.0 Å². The highest BCUT2D eigenvalue weighted by Gasteiger charge is 2.29. The Morgan fingerprint density at radius 3 is 2.50 bits per heavy atom. The largest absolute Gasteiger partial charge is 0.338 e. The molecular weight excluding hydrogens is 405 g/mol. The van der Waals surface area contributed by atoms with Crippen LogP contribution in [0.25, 0.3) is 0 Å². The molecule has 150 valence electrons. The lowest BCUT2D eigenvalue weighted by molar-refractivity contribution is -0.385. The van der Waals surface area contributed by atoms with Gasteiger partial charge in [-0.2, -0.15) is 5.10 Å². The minimum Gasteiger partial charge on any atom is -0.338 e. The zero-order valence-corrected chi connectivity index (χ0v) is 17.2. The third kappa shape index (κ3) is 4.29. The van der Waals surface area contributed by atoms with Crippen molar-refractivity contribution in [3.63, 3.8) is 0 Å². The van der Waals surface area contributed by atoms with E-state index in [1.165, 1.54) is 10.9 Å². The van der Waals surface area contributed by atoms with Crippen molar-refractivity contribution < 1.29 is 9.72 Å². The number of hydrogen-bond acceptors (Lipinski definition) is 5. The monoisotopic (exact) mass is 425 g/mol. The van der Waals surface area contributed by atoms with Crippen LogP contribution in [0.15, 0.2) is 24.4 Å². The van der Waals surface area contributed by atoms with Crippen molar-refractivity contribution in [3.8, 4) is 0 Å². The summed E-state index contributed by atoms with van der Waals surface area (Å²) < 4.78 is 1.42.